The van der Waals surface area contributed by atoms with Crippen molar-refractivity contribution in [2.45, 2.75) is 83.6 Å². The Hall–Kier alpha value is -2.41. The summed E-state index contributed by atoms with van der Waals surface area (Å²) in [4.78, 5) is 33.4. The van der Waals surface area contributed by atoms with Gasteiger partial charge in [-0.25, -0.2) is 4.79 Å². The molecule has 3 aliphatic rings. The van der Waals surface area contributed by atoms with Crippen molar-refractivity contribution in [1.82, 2.24) is 10.2 Å². The molecular formula is C26H38N4O2Si. The molecule has 1 fully saturated rings. The fourth-order valence-electron chi connectivity index (χ4n) is 5.64. The quantitative estimate of drug-likeness (QED) is 0.593. The van der Waals surface area contributed by atoms with Crippen LogP contribution in [0.5, 0.6) is 0 Å². The average molecular weight is 467 g/mol. The number of hydrogen-bond donors (Lipinski definition) is 2. The molecule has 2 heterocycles. The number of para-hydroxylation sites is 1. The lowest BCUT2D eigenvalue weighted by molar-refractivity contribution is -0.125. The van der Waals surface area contributed by atoms with E-state index in [1.165, 1.54) is 0 Å². The fourth-order valence-corrected chi connectivity index (χ4v) is 8.23. The van der Waals surface area contributed by atoms with Crippen molar-refractivity contribution >= 4 is 31.5 Å². The molecule has 4 rings (SSSR count). The molecular weight excluding hydrogens is 428 g/mol. The van der Waals surface area contributed by atoms with E-state index in [0.29, 0.717) is 18.9 Å². The number of nitrogens with zero attached hydrogens (tertiary/aromatic N) is 2. The SMILES string of the molecule is CCc1cccc(C)c1NC(=O)N1CC2=C(CN=C2NC(=O)C2([Si](C)(C)C)CCC2)C1(C)C. The van der Waals surface area contributed by atoms with Gasteiger partial charge in [0.15, 0.2) is 0 Å². The Balaban J connectivity index is 1.52. The van der Waals surface area contributed by atoms with Gasteiger partial charge in [0, 0.05) is 16.3 Å². The highest BCUT2D eigenvalue weighted by Gasteiger charge is 2.54. The summed E-state index contributed by atoms with van der Waals surface area (Å²) >= 11 is 0. The van der Waals surface area contributed by atoms with Crippen molar-refractivity contribution in [3.63, 3.8) is 0 Å². The maximum atomic E-state index is 13.4. The predicted molar refractivity (Wildman–Crippen MR) is 138 cm³/mol. The van der Waals surface area contributed by atoms with Crippen molar-refractivity contribution in [3.8, 4) is 0 Å². The van der Waals surface area contributed by atoms with Gasteiger partial charge in [-0.2, -0.15) is 0 Å². The Morgan fingerprint density at radius 2 is 1.85 bits per heavy atom. The number of carbonyl (C=O) groups is 2. The molecule has 1 aromatic carbocycles. The number of benzene rings is 1. The highest BCUT2D eigenvalue weighted by Crippen LogP contribution is 2.55. The van der Waals surface area contributed by atoms with Crippen molar-refractivity contribution in [1.29, 1.82) is 0 Å². The Morgan fingerprint density at radius 1 is 1.15 bits per heavy atom. The van der Waals surface area contributed by atoms with Crippen LogP contribution in [0.2, 0.25) is 24.7 Å². The molecule has 7 heteroatoms. The first-order valence-electron chi connectivity index (χ1n) is 12.2. The summed E-state index contributed by atoms with van der Waals surface area (Å²) in [6, 6.07) is 6.00. The number of amidine groups is 1. The number of carbonyl (C=O) groups excluding carboxylic acids is 2. The molecule has 0 unspecified atom stereocenters. The lowest BCUT2D eigenvalue weighted by Crippen LogP contribution is -2.55. The Kier molecular flexibility index (Phi) is 5.84. The van der Waals surface area contributed by atoms with Gasteiger partial charge < -0.3 is 15.5 Å². The number of anilines is 1. The van der Waals surface area contributed by atoms with Crippen molar-refractivity contribution in [2.24, 2.45) is 4.99 Å². The van der Waals surface area contributed by atoms with Gasteiger partial charge in [0.1, 0.15) is 5.84 Å². The average Bonchev–Trinajstić information content (AvgIpc) is 3.19. The van der Waals surface area contributed by atoms with Gasteiger partial charge in [-0.15, -0.1) is 0 Å². The summed E-state index contributed by atoms with van der Waals surface area (Å²) in [6.07, 6.45) is 3.93. The van der Waals surface area contributed by atoms with E-state index in [9.17, 15) is 9.59 Å². The maximum Gasteiger partial charge on any atom is 0.322 e. The molecule has 178 valence electrons. The monoisotopic (exact) mass is 466 g/mol. The van der Waals surface area contributed by atoms with Crippen LogP contribution in [0, 0.1) is 6.92 Å². The minimum atomic E-state index is -1.67. The molecule has 0 radical (unpaired) electrons. The largest absolute Gasteiger partial charge is 0.322 e. The van der Waals surface area contributed by atoms with Gasteiger partial charge in [-0.3, -0.25) is 9.79 Å². The zero-order valence-corrected chi connectivity index (χ0v) is 22.2. The molecule has 1 saturated carbocycles. The third kappa shape index (κ3) is 3.74. The van der Waals surface area contributed by atoms with Crippen LogP contribution in [0.3, 0.4) is 0 Å². The number of hydrogen-bond acceptors (Lipinski definition) is 3. The van der Waals surface area contributed by atoms with Crippen molar-refractivity contribution in [2.75, 3.05) is 18.4 Å². The summed E-state index contributed by atoms with van der Waals surface area (Å²) in [7, 11) is -1.67. The zero-order chi connectivity index (χ0) is 24.2. The van der Waals surface area contributed by atoms with Gasteiger partial charge in [-0.1, -0.05) is 51.2 Å². The number of urea groups is 1. The molecule has 0 saturated heterocycles. The summed E-state index contributed by atoms with van der Waals surface area (Å²) in [6.45, 7) is 16.1. The summed E-state index contributed by atoms with van der Waals surface area (Å²) < 4.78 is 0. The molecule has 0 bridgehead atoms. The normalized spacial score (nSPS) is 20.8. The van der Waals surface area contributed by atoms with Crippen LogP contribution < -0.4 is 10.6 Å². The Labute approximate surface area is 198 Å². The zero-order valence-electron chi connectivity index (χ0n) is 21.2. The van der Waals surface area contributed by atoms with E-state index in [1.54, 1.807) is 0 Å². The van der Waals surface area contributed by atoms with Gasteiger partial charge >= 0.3 is 6.03 Å². The second-order valence-electron chi connectivity index (χ2n) is 11.3. The minimum absolute atomic E-state index is 0.110. The van der Waals surface area contributed by atoms with Crippen molar-refractivity contribution in [3.05, 3.63) is 40.5 Å². The number of aliphatic imine (C=N–C) groups is 1. The molecule has 1 aliphatic carbocycles. The summed E-state index contributed by atoms with van der Waals surface area (Å²) in [5.41, 5.74) is 4.77. The summed E-state index contributed by atoms with van der Waals surface area (Å²) in [5, 5.41) is 6.17. The molecule has 0 spiro atoms. The fraction of sp³-hybridized carbons (Fsp3) is 0.577. The summed E-state index contributed by atoms with van der Waals surface area (Å²) in [5.74, 6) is 0.807. The minimum Gasteiger partial charge on any atom is -0.311 e. The van der Waals surface area contributed by atoms with E-state index >= 15 is 0 Å². The van der Waals surface area contributed by atoms with Crippen LogP contribution in [-0.4, -0.2) is 49.4 Å². The Bertz CT molecular complexity index is 1060. The van der Waals surface area contributed by atoms with Crippen LogP contribution >= 0.6 is 0 Å². The van der Waals surface area contributed by atoms with E-state index in [1.807, 2.05) is 24.0 Å². The lowest BCUT2D eigenvalue weighted by Gasteiger charge is -2.49. The van der Waals surface area contributed by atoms with E-state index in [4.69, 9.17) is 4.99 Å². The molecule has 6 nitrogen and oxygen atoms in total. The molecule has 33 heavy (non-hydrogen) atoms. The number of amides is 3. The van der Waals surface area contributed by atoms with E-state index < -0.39 is 13.6 Å². The smallest absolute Gasteiger partial charge is 0.311 e. The van der Waals surface area contributed by atoms with E-state index in [2.05, 4.69) is 57.1 Å². The van der Waals surface area contributed by atoms with E-state index in [0.717, 1.165) is 53.6 Å². The first-order valence-corrected chi connectivity index (χ1v) is 15.7. The molecule has 0 aromatic heterocycles. The topological polar surface area (TPSA) is 73.8 Å². The number of nitrogens with one attached hydrogen (secondary N) is 2. The van der Waals surface area contributed by atoms with Gasteiger partial charge in [-0.05, 0) is 56.7 Å². The maximum absolute atomic E-state index is 13.4. The van der Waals surface area contributed by atoms with Crippen LogP contribution in [0.25, 0.3) is 0 Å². The van der Waals surface area contributed by atoms with Gasteiger partial charge in [0.25, 0.3) is 0 Å². The second kappa shape index (κ2) is 8.11. The van der Waals surface area contributed by atoms with Gasteiger partial charge in [0.2, 0.25) is 5.91 Å². The Morgan fingerprint density at radius 3 is 2.42 bits per heavy atom. The van der Waals surface area contributed by atoms with Gasteiger partial charge in [0.05, 0.1) is 26.7 Å². The molecule has 3 amide bonds. The highest BCUT2D eigenvalue weighted by molar-refractivity contribution is 6.82. The standard InChI is InChI=1S/C26H38N4O2Si/c1-8-18-12-9-11-17(2)21(18)28-24(32)30-16-19-20(25(30,3)4)15-27-22(19)29-23(31)26(13-10-14-26)33(5,6)7/h9,11-12H,8,10,13-16H2,1-7H3,(H,28,32)(H,27,29,31). The van der Waals surface area contributed by atoms with Crippen LogP contribution in [-0.2, 0) is 11.2 Å². The van der Waals surface area contributed by atoms with Crippen LogP contribution in [0.4, 0.5) is 10.5 Å². The van der Waals surface area contributed by atoms with Crippen LogP contribution in [0.1, 0.15) is 51.2 Å². The van der Waals surface area contributed by atoms with Crippen molar-refractivity contribution < 1.29 is 9.59 Å². The molecule has 2 N–H and O–H groups in total. The molecule has 2 aliphatic heterocycles. The third-order valence-corrected chi connectivity index (χ3v) is 11.9. The number of rotatable bonds is 4. The first-order chi connectivity index (χ1) is 15.4. The molecule has 0 atom stereocenters. The number of aryl methyl sites for hydroxylation is 2. The molecule has 1 aromatic rings. The first kappa shape index (κ1) is 23.7. The predicted octanol–water partition coefficient (Wildman–Crippen LogP) is 5.27. The second-order valence-corrected chi connectivity index (χ2v) is 16.8. The highest BCUT2D eigenvalue weighted by atomic mass is 28.3. The van der Waals surface area contributed by atoms with Crippen LogP contribution in [0.15, 0.2) is 34.3 Å². The lowest BCUT2D eigenvalue weighted by atomic mass is 9.83. The third-order valence-electron chi connectivity index (χ3n) is 8.30. The van der Waals surface area contributed by atoms with E-state index in [-0.39, 0.29) is 17.0 Å².